The van der Waals surface area contributed by atoms with Gasteiger partial charge in [0, 0.05) is 13.5 Å². The van der Waals surface area contributed by atoms with Crippen LogP contribution in [0.15, 0.2) is 36.4 Å². The SMILES string of the molecule is COc1cc2c(cc1OC)[C@@H](c1ccc(F)cc1)N(C(C)=O)CC2. The van der Waals surface area contributed by atoms with E-state index in [1.54, 1.807) is 33.3 Å². The summed E-state index contributed by atoms with van der Waals surface area (Å²) in [5, 5.41) is 0. The third kappa shape index (κ3) is 2.82. The van der Waals surface area contributed by atoms with Crippen molar-refractivity contribution in [3.63, 3.8) is 0 Å². The summed E-state index contributed by atoms with van der Waals surface area (Å²) in [6.45, 7) is 2.17. The summed E-state index contributed by atoms with van der Waals surface area (Å²) in [5.41, 5.74) is 2.97. The first-order valence-electron chi connectivity index (χ1n) is 7.82. The van der Waals surface area contributed by atoms with Gasteiger partial charge in [-0.3, -0.25) is 4.79 Å². The van der Waals surface area contributed by atoms with Gasteiger partial charge >= 0.3 is 0 Å². The van der Waals surface area contributed by atoms with Crippen molar-refractivity contribution in [3.8, 4) is 11.5 Å². The third-order valence-electron chi connectivity index (χ3n) is 4.46. The molecule has 24 heavy (non-hydrogen) atoms. The molecule has 0 N–H and O–H groups in total. The maximum absolute atomic E-state index is 13.3. The molecule has 0 aromatic heterocycles. The summed E-state index contributed by atoms with van der Waals surface area (Å²) >= 11 is 0. The van der Waals surface area contributed by atoms with E-state index >= 15 is 0 Å². The van der Waals surface area contributed by atoms with Crippen molar-refractivity contribution in [1.82, 2.24) is 4.90 Å². The number of hydrogen-bond acceptors (Lipinski definition) is 3. The van der Waals surface area contributed by atoms with Crippen LogP contribution in [0.1, 0.15) is 29.7 Å². The minimum absolute atomic E-state index is 0.00948. The van der Waals surface area contributed by atoms with Crippen molar-refractivity contribution >= 4 is 5.91 Å². The van der Waals surface area contributed by atoms with Gasteiger partial charge in [0.05, 0.1) is 20.3 Å². The van der Waals surface area contributed by atoms with Crippen molar-refractivity contribution < 1.29 is 18.7 Å². The number of fused-ring (bicyclic) bond motifs is 1. The lowest BCUT2D eigenvalue weighted by molar-refractivity contribution is -0.130. The predicted molar refractivity (Wildman–Crippen MR) is 88.9 cm³/mol. The van der Waals surface area contributed by atoms with E-state index in [9.17, 15) is 9.18 Å². The molecule has 2 aromatic rings. The molecule has 4 nitrogen and oxygen atoms in total. The van der Waals surface area contributed by atoms with Gasteiger partial charge in [-0.25, -0.2) is 4.39 Å². The number of carbonyl (C=O) groups excluding carboxylic acids is 1. The van der Waals surface area contributed by atoms with Crippen molar-refractivity contribution in [1.29, 1.82) is 0 Å². The molecule has 1 amide bonds. The Morgan fingerprint density at radius 3 is 2.33 bits per heavy atom. The number of methoxy groups -OCH3 is 2. The molecule has 1 aliphatic heterocycles. The van der Waals surface area contributed by atoms with Gasteiger partial charge in [0.1, 0.15) is 5.82 Å². The van der Waals surface area contributed by atoms with Crippen LogP contribution in [0.25, 0.3) is 0 Å². The summed E-state index contributed by atoms with van der Waals surface area (Å²) in [4.78, 5) is 13.9. The Labute approximate surface area is 140 Å². The van der Waals surface area contributed by atoms with Gasteiger partial charge in [0.2, 0.25) is 5.91 Å². The number of nitrogens with zero attached hydrogens (tertiary/aromatic N) is 1. The van der Waals surface area contributed by atoms with E-state index in [0.717, 1.165) is 23.1 Å². The molecule has 1 aliphatic rings. The molecule has 0 radical (unpaired) electrons. The lowest BCUT2D eigenvalue weighted by Gasteiger charge is -2.37. The first-order chi connectivity index (χ1) is 11.5. The van der Waals surface area contributed by atoms with Crippen LogP contribution in [0.3, 0.4) is 0 Å². The van der Waals surface area contributed by atoms with E-state index in [-0.39, 0.29) is 17.8 Å². The fourth-order valence-electron chi connectivity index (χ4n) is 3.29. The highest BCUT2D eigenvalue weighted by Gasteiger charge is 2.31. The lowest BCUT2D eigenvalue weighted by atomic mass is 9.87. The molecule has 0 spiro atoms. The molecule has 0 bridgehead atoms. The molecule has 2 aromatic carbocycles. The molecule has 0 saturated carbocycles. The minimum Gasteiger partial charge on any atom is -0.493 e. The van der Waals surface area contributed by atoms with Crippen LogP contribution in [0, 0.1) is 5.82 Å². The van der Waals surface area contributed by atoms with Crippen molar-refractivity contribution in [2.45, 2.75) is 19.4 Å². The highest BCUT2D eigenvalue weighted by Crippen LogP contribution is 2.40. The second-order valence-electron chi connectivity index (χ2n) is 5.82. The van der Waals surface area contributed by atoms with E-state index in [2.05, 4.69) is 0 Å². The van der Waals surface area contributed by atoms with E-state index in [1.165, 1.54) is 12.1 Å². The van der Waals surface area contributed by atoms with Crippen molar-refractivity contribution in [2.24, 2.45) is 0 Å². The zero-order valence-electron chi connectivity index (χ0n) is 14.0. The Morgan fingerprint density at radius 1 is 1.12 bits per heavy atom. The zero-order valence-corrected chi connectivity index (χ0v) is 14.0. The van der Waals surface area contributed by atoms with Gasteiger partial charge in [-0.2, -0.15) is 0 Å². The standard InChI is InChI=1S/C19H20FNO3/c1-12(22)21-9-8-14-10-17(23-2)18(24-3)11-16(14)19(21)13-4-6-15(20)7-5-13/h4-7,10-11,19H,8-9H2,1-3H3/t19-/m1/s1. The van der Waals surface area contributed by atoms with Crippen molar-refractivity contribution in [3.05, 3.63) is 58.9 Å². The highest BCUT2D eigenvalue weighted by molar-refractivity contribution is 5.75. The van der Waals surface area contributed by atoms with Crippen LogP contribution in [-0.4, -0.2) is 31.6 Å². The Morgan fingerprint density at radius 2 is 1.75 bits per heavy atom. The topological polar surface area (TPSA) is 38.8 Å². The summed E-state index contributed by atoms with van der Waals surface area (Å²) in [5.74, 6) is 0.986. The van der Waals surface area contributed by atoms with Gasteiger partial charge in [-0.1, -0.05) is 12.1 Å². The monoisotopic (exact) mass is 329 g/mol. The number of hydrogen-bond donors (Lipinski definition) is 0. The molecule has 1 heterocycles. The molecule has 1 atom stereocenters. The minimum atomic E-state index is -0.295. The molecule has 5 heteroatoms. The normalized spacial score (nSPS) is 16.5. The van der Waals surface area contributed by atoms with Crippen LogP contribution >= 0.6 is 0 Å². The number of carbonyl (C=O) groups is 1. The molecule has 0 fully saturated rings. The third-order valence-corrected chi connectivity index (χ3v) is 4.46. The van der Waals surface area contributed by atoms with Crippen molar-refractivity contribution in [2.75, 3.05) is 20.8 Å². The zero-order chi connectivity index (χ0) is 17.3. The molecule has 0 unspecified atom stereocenters. The van der Waals surface area contributed by atoms with Crippen LogP contribution in [0.5, 0.6) is 11.5 Å². The van der Waals surface area contributed by atoms with Crippen LogP contribution in [0.4, 0.5) is 4.39 Å². The quantitative estimate of drug-likeness (QED) is 0.867. The number of benzene rings is 2. The van der Waals surface area contributed by atoms with E-state index in [4.69, 9.17) is 9.47 Å². The molecular weight excluding hydrogens is 309 g/mol. The summed E-state index contributed by atoms with van der Waals surface area (Å²) < 4.78 is 24.1. The Hall–Kier alpha value is -2.56. The summed E-state index contributed by atoms with van der Waals surface area (Å²) in [6.07, 6.45) is 0.743. The summed E-state index contributed by atoms with van der Waals surface area (Å²) in [6, 6.07) is 9.90. The summed E-state index contributed by atoms with van der Waals surface area (Å²) in [7, 11) is 3.19. The molecule has 126 valence electrons. The predicted octanol–water partition coefficient (Wildman–Crippen LogP) is 3.34. The molecule has 3 rings (SSSR count). The average molecular weight is 329 g/mol. The fourth-order valence-corrected chi connectivity index (χ4v) is 3.29. The second kappa shape index (κ2) is 6.51. The number of rotatable bonds is 3. The largest absolute Gasteiger partial charge is 0.493 e. The maximum atomic E-state index is 13.3. The Bertz CT molecular complexity index is 758. The van der Waals surface area contributed by atoms with Crippen LogP contribution in [0.2, 0.25) is 0 Å². The molecule has 0 saturated heterocycles. The van der Waals surface area contributed by atoms with E-state index < -0.39 is 0 Å². The number of halogens is 1. The number of amides is 1. The first kappa shape index (κ1) is 16.3. The Kier molecular flexibility index (Phi) is 4.42. The first-order valence-corrected chi connectivity index (χ1v) is 7.82. The van der Waals surface area contributed by atoms with Crippen LogP contribution in [-0.2, 0) is 11.2 Å². The number of ether oxygens (including phenoxy) is 2. The van der Waals surface area contributed by atoms with Gasteiger partial charge in [0.15, 0.2) is 11.5 Å². The highest BCUT2D eigenvalue weighted by atomic mass is 19.1. The Balaban J connectivity index is 2.16. The van der Waals surface area contributed by atoms with Gasteiger partial charge in [-0.05, 0) is 47.4 Å². The fraction of sp³-hybridized carbons (Fsp3) is 0.316. The lowest BCUT2D eigenvalue weighted by Crippen LogP contribution is -2.39. The average Bonchev–Trinajstić information content (AvgIpc) is 2.60. The smallest absolute Gasteiger partial charge is 0.220 e. The second-order valence-corrected chi connectivity index (χ2v) is 5.82. The van der Waals surface area contributed by atoms with Gasteiger partial charge in [-0.15, -0.1) is 0 Å². The van der Waals surface area contributed by atoms with E-state index in [0.29, 0.717) is 18.0 Å². The maximum Gasteiger partial charge on any atom is 0.220 e. The molecular formula is C19H20FNO3. The van der Waals surface area contributed by atoms with Gasteiger partial charge in [0.25, 0.3) is 0 Å². The molecule has 0 aliphatic carbocycles. The van der Waals surface area contributed by atoms with E-state index in [1.807, 2.05) is 17.0 Å². The van der Waals surface area contributed by atoms with Gasteiger partial charge < -0.3 is 14.4 Å². The van der Waals surface area contributed by atoms with Crippen LogP contribution < -0.4 is 9.47 Å².